The zero-order valence-corrected chi connectivity index (χ0v) is 10.9. The topological polar surface area (TPSA) is 81.7 Å². The summed E-state index contributed by atoms with van der Waals surface area (Å²) in [7, 11) is 0. The summed E-state index contributed by atoms with van der Waals surface area (Å²) >= 11 is 3.37. The summed E-state index contributed by atoms with van der Waals surface area (Å²) in [4.78, 5) is 12.0. The van der Waals surface area contributed by atoms with E-state index in [1.807, 2.05) is 10.8 Å². The Balaban J connectivity index is 2.02. The lowest BCUT2D eigenvalue weighted by Crippen LogP contribution is -2.22. The van der Waals surface area contributed by atoms with Crippen LogP contribution < -0.4 is 11.1 Å². The molecule has 0 aliphatic rings. The molecule has 0 spiro atoms. The largest absolute Gasteiger partial charge is 0.368 e. The maximum absolute atomic E-state index is 5.54. The number of nitrogens with one attached hydrogen (secondary N) is 1. The Morgan fingerprint density at radius 1 is 1.59 bits per heavy atom. The van der Waals surface area contributed by atoms with Crippen molar-refractivity contribution in [2.45, 2.75) is 19.5 Å². The van der Waals surface area contributed by atoms with E-state index in [4.69, 9.17) is 5.73 Å². The van der Waals surface area contributed by atoms with Gasteiger partial charge in [-0.2, -0.15) is 4.98 Å². The van der Waals surface area contributed by atoms with Crippen LogP contribution in [-0.2, 0) is 6.54 Å². The fourth-order valence-electron chi connectivity index (χ4n) is 1.47. The quantitative estimate of drug-likeness (QED) is 0.894. The van der Waals surface area contributed by atoms with Crippen molar-refractivity contribution in [2.75, 3.05) is 11.1 Å². The van der Waals surface area contributed by atoms with E-state index >= 15 is 0 Å². The van der Waals surface area contributed by atoms with E-state index < -0.39 is 0 Å². The lowest BCUT2D eigenvalue weighted by molar-refractivity contribution is 0.616. The lowest BCUT2D eigenvalue weighted by atomic mass is 10.3. The van der Waals surface area contributed by atoms with Gasteiger partial charge >= 0.3 is 0 Å². The van der Waals surface area contributed by atoms with Crippen LogP contribution in [0.2, 0.25) is 0 Å². The number of nitrogens with two attached hydrogens (primary N) is 1. The first-order valence-corrected chi connectivity index (χ1v) is 5.94. The van der Waals surface area contributed by atoms with E-state index in [9.17, 15) is 0 Å². The van der Waals surface area contributed by atoms with Crippen molar-refractivity contribution < 1.29 is 0 Å². The molecule has 0 aliphatic heterocycles. The van der Waals surface area contributed by atoms with Gasteiger partial charge in [-0.1, -0.05) is 0 Å². The molecule has 17 heavy (non-hydrogen) atoms. The van der Waals surface area contributed by atoms with Gasteiger partial charge in [-0.25, -0.2) is 9.97 Å². The highest BCUT2D eigenvalue weighted by atomic mass is 79.9. The minimum atomic E-state index is 0.204. The minimum absolute atomic E-state index is 0.204. The standard InChI is InChI=1S/C10H13BrN6/c1-7(5-17-3-2-13-6-17)15-9-8(11)4-14-10(12)16-9/h2-4,6-7H,5H2,1H3,(H3,12,14,15,16). The second-order valence-corrected chi connectivity index (χ2v) is 4.58. The Hall–Kier alpha value is -1.63. The molecule has 2 aromatic heterocycles. The Morgan fingerprint density at radius 3 is 3.12 bits per heavy atom. The zero-order valence-electron chi connectivity index (χ0n) is 9.34. The third kappa shape index (κ3) is 3.16. The molecule has 0 amide bonds. The molecule has 2 rings (SSSR count). The number of hydrogen-bond acceptors (Lipinski definition) is 5. The minimum Gasteiger partial charge on any atom is -0.368 e. The molecule has 0 aliphatic carbocycles. The molecule has 0 aromatic carbocycles. The van der Waals surface area contributed by atoms with Crippen molar-refractivity contribution in [3.8, 4) is 0 Å². The maximum Gasteiger partial charge on any atom is 0.221 e. The molecule has 2 heterocycles. The fourth-order valence-corrected chi connectivity index (χ4v) is 1.78. The van der Waals surface area contributed by atoms with Gasteiger partial charge in [-0.3, -0.25) is 0 Å². The Labute approximate surface area is 107 Å². The zero-order chi connectivity index (χ0) is 12.3. The van der Waals surface area contributed by atoms with Gasteiger partial charge in [0, 0.05) is 31.2 Å². The van der Waals surface area contributed by atoms with Crippen LogP contribution in [-0.4, -0.2) is 25.6 Å². The van der Waals surface area contributed by atoms with Crippen molar-refractivity contribution in [2.24, 2.45) is 0 Å². The highest BCUT2D eigenvalue weighted by molar-refractivity contribution is 9.10. The van der Waals surface area contributed by atoms with E-state index in [2.05, 4.69) is 43.1 Å². The van der Waals surface area contributed by atoms with E-state index in [-0.39, 0.29) is 12.0 Å². The molecule has 7 heteroatoms. The Bertz CT molecular complexity index is 484. The molecule has 3 N–H and O–H groups in total. The van der Waals surface area contributed by atoms with Crippen LogP contribution >= 0.6 is 15.9 Å². The summed E-state index contributed by atoms with van der Waals surface area (Å²) < 4.78 is 2.79. The molecular formula is C10H13BrN6. The van der Waals surface area contributed by atoms with E-state index in [1.54, 1.807) is 18.7 Å². The number of nitrogen functional groups attached to an aromatic ring is 1. The number of nitrogens with zero attached hydrogens (tertiary/aromatic N) is 4. The SMILES string of the molecule is CC(Cn1ccnc1)Nc1nc(N)ncc1Br. The third-order valence-corrected chi connectivity index (χ3v) is 2.77. The second-order valence-electron chi connectivity index (χ2n) is 3.73. The molecule has 1 unspecified atom stereocenters. The van der Waals surface area contributed by atoms with Crippen LogP contribution in [0.4, 0.5) is 11.8 Å². The van der Waals surface area contributed by atoms with Gasteiger partial charge in [-0.05, 0) is 22.9 Å². The second kappa shape index (κ2) is 5.13. The van der Waals surface area contributed by atoms with Gasteiger partial charge in [0.05, 0.1) is 10.8 Å². The van der Waals surface area contributed by atoms with Crippen molar-refractivity contribution in [3.63, 3.8) is 0 Å². The van der Waals surface area contributed by atoms with E-state index in [0.717, 1.165) is 11.0 Å². The molecule has 6 nitrogen and oxygen atoms in total. The molecule has 0 saturated carbocycles. The molecule has 2 aromatic rings. The van der Waals surface area contributed by atoms with Gasteiger partial charge in [-0.15, -0.1) is 0 Å². The number of hydrogen-bond donors (Lipinski definition) is 2. The number of rotatable bonds is 4. The van der Waals surface area contributed by atoms with Crippen molar-refractivity contribution in [3.05, 3.63) is 29.4 Å². The van der Waals surface area contributed by atoms with Gasteiger partial charge in [0.25, 0.3) is 0 Å². The van der Waals surface area contributed by atoms with E-state index in [1.165, 1.54) is 0 Å². The molecule has 1 atom stereocenters. The molecular weight excluding hydrogens is 284 g/mol. The van der Waals surface area contributed by atoms with Crippen molar-refractivity contribution in [1.29, 1.82) is 0 Å². The van der Waals surface area contributed by atoms with Crippen LogP contribution in [0.15, 0.2) is 29.4 Å². The first-order chi connectivity index (χ1) is 8.15. The predicted molar refractivity (Wildman–Crippen MR) is 69.5 cm³/mol. The summed E-state index contributed by atoms with van der Waals surface area (Å²) in [6.07, 6.45) is 7.09. The lowest BCUT2D eigenvalue weighted by Gasteiger charge is -2.15. The number of imidazole rings is 1. The molecule has 0 bridgehead atoms. The Kier molecular flexibility index (Phi) is 3.58. The summed E-state index contributed by atoms with van der Waals surface area (Å²) in [5, 5.41) is 3.26. The average Bonchev–Trinajstić information content (AvgIpc) is 2.76. The van der Waals surface area contributed by atoms with Crippen LogP contribution in [0.1, 0.15) is 6.92 Å². The highest BCUT2D eigenvalue weighted by Gasteiger charge is 2.08. The van der Waals surface area contributed by atoms with Crippen LogP contribution in [0, 0.1) is 0 Å². The van der Waals surface area contributed by atoms with Crippen LogP contribution in [0.5, 0.6) is 0 Å². The number of halogens is 1. The number of aromatic nitrogens is 4. The normalized spacial score (nSPS) is 12.4. The summed E-state index contributed by atoms with van der Waals surface area (Å²) in [6.45, 7) is 2.86. The average molecular weight is 297 g/mol. The van der Waals surface area contributed by atoms with Gasteiger partial charge in [0.2, 0.25) is 5.95 Å². The smallest absolute Gasteiger partial charge is 0.221 e. The molecule has 0 radical (unpaired) electrons. The summed E-state index contributed by atoms with van der Waals surface area (Å²) in [6, 6.07) is 0.204. The van der Waals surface area contributed by atoms with Gasteiger partial charge < -0.3 is 15.6 Å². The summed E-state index contributed by atoms with van der Waals surface area (Å²) in [5.41, 5.74) is 5.54. The third-order valence-electron chi connectivity index (χ3n) is 2.19. The van der Waals surface area contributed by atoms with Crippen molar-refractivity contribution in [1.82, 2.24) is 19.5 Å². The molecule has 90 valence electrons. The molecule has 0 fully saturated rings. The highest BCUT2D eigenvalue weighted by Crippen LogP contribution is 2.20. The molecule has 0 saturated heterocycles. The van der Waals surface area contributed by atoms with Crippen molar-refractivity contribution >= 4 is 27.7 Å². The first kappa shape index (κ1) is 11.8. The first-order valence-electron chi connectivity index (χ1n) is 5.15. The number of anilines is 2. The Morgan fingerprint density at radius 2 is 2.41 bits per heavy atom. The fraction of sp³-hybridized carbons (Fsp3) is 0.300. The van der Waals surface area contributed by atoms with Gasteiger partial charge in [0.15, 0.2) is 0 Å². The summed E-state index contributed by atoms with van der Waals surface area (Å²) in [5.74, 6) is 0.954. The van der Waals surface area contributed by atoms with Gasteiger partial charge in [0.1, 0.15) is 5.82 Å². The van der Waals surface area contributed by atoms with Crippen LogP contribution in [0.25, 0.3) is 0 Å². The maximum atomic E-state index is 5.54. The van der Waals surface area contributed by atoms with E-state index in [0.29, 0.717) is 5.82 Å². The predicted octanol–water partition coefficient (Wildman–Crippen LogP) is 1.52. The monoisotopic (exact) mass is 296 g/mol. The van der Waals surface area contributed by atoms with Crippen LogP contribution in [0.3, 0.4) is 0 Å².